The molecule has 3 nitrogen and oxygen atoms in total. The number of aryl methyl sites for hydroxylation is 1. The van der Waals surface area contributed by atoms with Crippen molar-refractivity contribution in [2.45, 2.75) is 33.2 Å². The zero-order valence-corrected chi connectivity index (χ0v) is 14.4. The van der Waals surface area contributed by atoms with Crippen LogP contribution in [0.2, 0.25) is 0 Å². The first kappa shape index (κ1) is 16.1. The van der Waals surface area contributed by atoms with Crippen LogP contribution < -0.4 is 10.1 Å². The Bertz CT molecular complexity index is 580. The summed E-state index contributed by atoms with van der Waals surface area (Å²) in [6, 6.07) is 8.44. The van der Waals surface area contributed by atoms with Crippen molar-refractivity contribution in [3.63, 3.8) is 0 Å². The lowest BCUT2D eigenvalue weighted by Crippen LogP contribution is -2.21. The molecule has 1 atom stereocenters. The Kier molecular flexibility index (Phi) is 5.88. The number of ether oxygens (including phenoxy) is 1. The molecule has 0 bridgehead atoms. The summed E-state index contributed by atoms with van der Waals surface area (Å²) in [4.78, 5) is 0. The van der Waals surface area contributed by atoms with Crippen LogP contribution in [-0.4, -0.2) is 13.2 Å². The molecule has 0 saturated carbocycles. The van der Waals surface area contributed by atoms with Crippen LogP contribution in [0.3, 0.4) is 0 Å². The summed E-state index contributed by atoms with van der Waals surface area (Å²) >= 11 is 3.60. The smallest absolute Gasteiger partial charge is 0.133 e. The van der Waals surface area contributed by atoms with Crippen LogP contribution >= 0.6 is 15.9 Å². The molecule has 1 N–H and O–H groups in total. The van der Waals surface area contributed by atoms with E-state index in [1.165, 1.54) is 5.56 Å². The molecule has 0 aliphatic rings. The van der Waals surface area contributed by atoms with E-state index < -0.39 is 0 Å². The molecule has 1 aromatic heterocycles. The van der Waals surface area contributed by atoms with Crippen molar-refractivity contribution in [3.05, 3.63) is 51.9 Å². The van der Waals surface area contributed by atoms with Crippen molar-refractivity contribution >= 4 is 15.9 Å². The maximum absolute atomic E-state index is 5.70. The van der Waals surface area contributed by atoms with Crippen molar-refractivity contribution in [1.82, 2.24) is 5.32 Å². The van der Waals surface area contributed by atoms with Gasteiger partial charge in [0.15, 0.2) is 0 Å². The quantitative estimate of drug-likeness (QED) is 0.774. The average Bonchev–Trinajstić information content (AvgIpc) is 2.90. The van der Waals surface area contributed by atoms with Crippen LogP contribution in [0.15, 0.2) is 39.4 Å². The van der Waals surface area contributed by atoms with E-state index in [1.54, 1.807) is 0 Å². The summed E-state index contributed by atoms with van der Waals surface area (Å²) in [7, 11) is 0. The second-order valence-electron chi connectivity index (χ2n) is 5.02. The van der Waals surface area contributed by atoms with Crippen molar-refractivity contribution in [2.75, 3.05) is 13.2 Å². The molecule has 2 rings (SSSR count). The number of nitrogens with one attached hydrogen (secondary N) is 1. The molecule has 0 amide bonds. The topological polar surface area (TPSA) is 34.4 Å². The minimum absolute atomic E-state index is 0.129. The summed E-state index contributed by atoms with van der Waals surface area (Å²) in [6.07, 6.45) is 2.82. The lowest BCUT2D eigenvalue weighted by atomic mass is 10.0. The molecule has 0 fully saturated rings. The highest BCUT2D eigenvalue weighted by atomic mass is 79.9. The number of halogens is 1. The van der Waals surface area contributed by atoms with E-state index in [0.29, 0.717) is 0 Å². The van der Waals surface area contributed by atoms with Gasteiger partial charge in [-0.05, 0) is 59.6 Å². The fourth-order valence-corrected chi connectivity index (χ4v) is 2.78. The van der Waals surface area contributed by atoms with E-state index in [2.05, 4.69) is 53.3 Å². The van der Waals surface area contributed by atoms with Crippen LogP contribution in [0.5, 0.6) is 5.75 Å². The molecular weight excluding hydrogens is 330 g/mol. The number of rotatable bonds is 7. The minimum atomic E-state index is 0.129. The van der Waals surface area contributed by atoms with Gasteiger partial charge in [-0.15, -0.1) is 0 Å². The van der Waals surface area contributed by atoms with E-state index in [1.807, 2.05) is 19.3 Å². The van der Waals surface area contributed by atoms with E-state index in [4.69, 9.17) is 9.15 Å². The number of hydrogen-bond donors (Lipinski definition) is 1. The van der Waals surface area contributed by atoms with Gasteiger partial charge in [0.2, 0.25) is 0 Å². The number of benzene rings is 1. The van der Waals surface area contributed by atoms with Gasteiger partial charge in [-0.2, -0.15) is 0 Å². The normalized spacial score (nSPS) is 12.4. The predicted octanol–water partition coefficient (Wildman–Crippen LogP) is 4.84. The Labute approximate surface area is 134 Å². The predicted molar refractivity (Wildman–Crippen MR) is 88.9 cm³/mol. The molecule has 0 aliphatic carbocycles. The van der Waals surface area contributed by atoms with Gasteiger partial charge in [0.25, 0.3) is 0 Å². The third kappa shape index (κ3) is 4.11. The van der Waals surface area contributed by atoms with E-state index >= 15 is 0 Å². The van der Waals surface area contributed by atoms with Crippen LogP contribution in [0, 0.1) is 6.92 Å². The van der Waals surface area contributed by atoms with Crippen LogP contribution in [-0.2, 0) is 0 Å². The summed E-state index contributed by atoms with van der Waals surface area (Å²) in [5.41, 5.74) is 2.33. The minimum Gasteiger partial charge on any atom is -0.492 e. The third-order valence-electron chi connectivity index (χ3n) is 3.24. The number of furan rings is 1. The molecule has 1 heterocycles. The van der Waals surface area contributed by atoms with Crippen molar-refractivity contribution in [2.24, 2.45) is 0 Å². The molecule has 1 aromatic carbocycles. The van der Waals surface area contributed by atoms with E-state index in [0.717, 1.165) is 41.1 Å². The highest BCUT2D eigenvalue weighted by Crippen LogP contribution is 2.31. The van der Waals surface area contributed by atoms with Crippen LogP contribution in [0.25, 0.3) is 0 Å². The van der Waals surface area contributed by atoms with Gasteiger partial charge in [0, 0.05) is 5.56 Å². The molecule has 0 radical (unpaired) electrons. The van der Waals surface area contributed by atoms with Gasteiger partial charge in [-0.3, -0.25) is 0 Å². The first-order valence-electron chi connectivity index (χ1n) is 7.36. The summed E-state index contributed by atoms with van der Waals surface area (Å²) < 4.78 is 12.1. The monoisotopic (exact) mass is 351 g/mol. The standard InChI is InChI=1S/C17H22BrNO2/c1-4-8-20-16-7-6-13(10-15(16)18)17(19-5-2)14-9-12(3)21-11-14/h6-7,9-11,17,19H,4-5,8H2,1-3H3. The Hall–Kier alpha value is -1.26. The van der Waals surface area contributed by atoms with Gasteiger partial charge in [-0.25, -0.2) is 0 Å². The zero-order chi connectivity index (χ0) is 15.2. The highest BCUT2D eigenvalue weighted by molar-refractivity contribution is 9.10. The lowest BCUT2D eigenvalue weighted by molar-refractivity contribution is 0.315. The van der Waals surface area contributed by atoms with Crippen LogP contribution in [0.1, 0.15) is 43.2 Å². The Morgan fingerprint density at radius 2 is 2.05 bits per heavy atom. The number of hydrogen-bond acceptors (Lipinski definition) is 3. The summed E-state index contributed by atoms with van der Waals surface area (Å²) in [6.45, 7) is 7.79. The largest absolute Gasteiger partial charge is 0.492 e. The zero-order valence-electron chi connectivity index (χ0n) is 12.8. The molecule has 1 unspecified atom stereocenters. The van der Waals surface area contributed by atoms with E-state index in [-0.39, 0.29) is 6.04 Å². The maximum Gasteiger partial charge on any atom is 0.133 e. The molecule has 0 saturated heterocycles. The molecular formula is C17H22BrNO2. The van der Waals surface area contributed by atoms with Crippen molar-refractivity contribution in [1.29, 1.82) is 0 Å². The molecule has 4 heteroatoms. The molecule has 0 spiro atoms. The van der Waals surface area contributed by atoms with Gasteiger partial charge < -0.3 is 14.5 Å². The molecule has 21 heavy (non-hydrogen) atoms. The Morgan fingerprint density at radius 3 is 2.62 bits per heavy atom. The first-order valence-corrected chi connectivity index (χ1v) is 8.15. The highest BCUT2D eigenvalue weighted by Gasteiger charge is 2.16. The van der Waals surface area contributed by atoms with Gasteiger partial charge >= 0.3 is 0 Å². The molecule has 0 aliphatic heterocycles. The second-order valence-corrected chi connectivity index (χ2v) is 5.87. The van der Waals surface area contributed by atoms with Gasteiger partial charge in [0.1, 0.15) is 11.5 Å². The van der Waals surface area contributed by atoms with E-state index in [9.17, 15) is 0 Å². The summed E-state index contributed by atoms with van der Waals surface area (Å²) in [5.74, 6) is 1.81. The van der Waals surface area contributed by atoms with Gasteiger partial charge in [0.05, 0.1) is 23.4 Å². The van der Waals surface area contributed by atoms with Gasteiger partial charge in [-0.1, -0.05) is 19.9 Å². The van der Waals surface area contributed by atoms with Crippen molar-refractivity contribution < 1.29 is 9.15 Å². The Morgan fingerprint density at radius 1 is 1.24 bits per heavy atom. The fourth-order valence-electron chi connectivity index (χ4n) is 2.27. The first-order chi connectivity index (χ1) is 10.2. The molecule has 114 valence electrons. The molecule has 2 aromatic rings. The summed E-state index contributed by atoms with van der Waals surface area (Å²) in [5, 5.41) is 3.50. The Balaban J connectivity index is 2.26. The van der Waals surface area contributed by atoms with Crippen molar-refractivity contribution in [3.8, 4) is 5.75 Å². The third-order valence-corrected chi connectivity index (χ3v) is 3.86. The second kappa shape index (κ2) is 7.66. The maximum atomic E-state index is 5.70. The average molecular weight is 352 g/mol. The fraction of sp³-hybridized carbons (Fsp3) is 0.412. The lowest BCUT2D eigenvalue weighted by Gasteiger charge is -2.18. The van der Waals surface area contributed by atoms with Crippen LogP contribution in [0.4, 0.5) is 0 Å². The SMILES string of the molecule is CCCOc1ccc(C(NCC)c2coc(C)c2)cc1Br.